The number of para-hydroxylation sites is 1. The lowest BCUT2D eigenvalue weighted by Gasteiger charge is -2.14. The van der Waals surface area contributed by atoms with Crippen LogP contribution >= 0.6 is 0 Å². The van der Waals surface area contributed by atoms with Crippen LogP contribution in [-0.4, -0.2) is 26.3 Å². The highest BCUT2D eigenvalue weighted by Crippen LogP contribution is 2.22. The third-order valence-electron chi connectivity index (χ3n) is 4.43. The van der Waals surface area contributed by atoms with E-state index < -0.39 is 23.1 Å². The van der Waals surface area contributed by atoms with Crippen molar-refractivity contribution >= 4 is 17.4 Å². The Morgan fingerprint density at radius 3 is 2.38 bits per heavy atom. The van der Waals surface area contributed by atoms with E-state index >= 15 is 0 Å². The predicted molar refractivity (Wildman–Crippen MR) is 106 cm³/mol. The minimum atomic E-state index is -1.31. The summed E-state index contributed by atoms with van der Waals surface area (Å²) < 4.78 is 1.02. The molecule has 3 rings (SSSR count). The Balaban J connectivity index is 2.20. The molecule has 0 unspecified atom stereocenters. The number of aromatic amines is 1. The van der Waals surface area contributed by atoms with Crippen LogP contribution in [0.2, 0.25) is 0 Å². The van der Waals surface area contributed by atoms with Gasteiger partial charge in [0, 0.05) is 0 Å². The Morgan fingerprint density at radius 2 is 1.79 bits per heavy atom. The Kier molecular flexibility index (Phi) is 5.45. The van der Waals surface area contributed by atoms with Crippen molar-refractivity contribution in [2.45, 2.75) is 20.3 Å². The molecule has 1 heterocycles. The van der Waals surface area contributed by atoms with Gasteiger partial charge in [-0.1, -0.05) is 37.3 Å². The van der Waals surface area contributed by atoms with Gasteiger partial charge in [0.25, 0.3) is 5.56 Å². The van der Waals surface area contributed by atoms with E-state index in [2.05, 4.69) is 9.98 Å². The molecule has 2 N–H and O–H groups in total. The molecule has 8 heteroatoms. The van der Waals surface area contributed by atoms with E-state index in [-0.39, 0.29) is 23.3 Å². The van der Waals surface area contributed by atoms with Crippen molar-refractivity contribution in [1.29, 1.82) is 0 Å². The van der Waals surface area contributed by atoms with Crippen molar-refractivity contribution in [3.63, 3.8) is 0 Å². The molecular formula is C21H18N3O5-. The highest BCUT2D eigenvalue weighted by Gasteiger charge is 2.20. The molecule has 0 saturated carbocycles. The standard InChI is InChI=1S/C21H19N3O5/c1-3-15(22-14-10-8-13(9-11-14)20(27)28)17-18(25)23-21(29)24(19(17)26)16-7-5-4-6-12(16)2/h4-11,26H,3H2,1-2H3,(H,27,28)(H,23,25,29)/p-1. The number of carbonyl (C=O) groups is 1. The molecule has 0 atom stereocenters. The van der Waals surface area contributed by atoms with Gasteiger partial charge in [-0.3, -0.25) is 14.8 Å². The molecule has 0 aliphatic carbocycles. The highest BCUT2D eigenvalue weighted by atomic mass is 16.4. The van der Waals surface area contributed by atoms with Gasteiger partial charge in [0.2, 0.25) is 5.88 Å². The van der Waals surface area contributed by atoms with Crippen molar-refractivity contribution in [2.24, 2.45) is 4.99 Å². The summed E-state index contributed by atoms with van der Waals surface area (Å²) in [4.78, 5) is 42.3. The summed E-state index contributed by atoms with van der Waals surface area (Å²) in [5.41, 5.74) is 0.141. The lowest BCUT2D eigenvalue weighted by atomic mass is 10.1. The fourth-order valence-electron chi connectivity index (χ4n) is 2.96. The number of aromatic carboxylic acids is 1. The van der Waals surface area contributed by atoms with Gasteiger partial charge in [0.1, 0.15) is 5.56 Å². The van der Waals surface area contributed by atoms with E-state index in [0.717, 1.165) is 10.1 Å². The number of nitrogens with one attached hydrogen (secondary N) is 1. The molecule has 0 radical (unpaired) electrons. The van der Waals surface area contributed by atoms with Crippen molar-refractivity contribution in [3.8, 4) is 11.6 Å². The molecule has 0 spiro atoms. The van der Waals surface area contributed by atoms with Crippen LogP contribution in [-0.2, 0) is 0 Å². The normalized spacial score (nSPS) is 11.4. The molecule has 3 aromatic rings. The molecule has 0 bridgehead atoms. The topological polar surface area (TPSA) is 128 Å². The fraction of sp³-hybridized carbons (Fsp3) is 0.143. The van der Waals surface area contributed by atoms with Crippen LogP contribution in [0.3, 0.4) is 0 Å². The third kappa shape index (κ3) is 3.86. The first-order valence-electron chi connectivity index (χ1n) is 8.87. The molecule has 0 amide bonds. The van der Waals surface area contributed by atoms with Crippen LogP contribution in [0, 0.1) is 6.92 Å². The molecule has 8 nitrogen and oxygen atoms in total. The van der Waals surface area contributed by atoms with E-state index in [0.29, 0.717) is 11.4 Å². The highest BCUT2D eigenvalue weighted by molar-refractivity contribution is 6.03. The van der Waals surface area contributed by atoms with E-state index in [1.807, 2.05) is 0 Å². The summed E-state index contributed by atoms with van der Waals surface area (Å²) in [6.45, 7) is 3.52. The molecule has 2 aromatic carbocycles. The van der Waals surface area contributed by atoms with Crippen LogP contribution in [0.25, 0.3) is 5.69 Å². The van der Waals surface area contributed by atoms with Crippen LogP contribution in [0.1, 0.15) is 34.8 Å². The van der Waals surface area contributed by atoms with Crippen molar-refractivity contribution < 1.29 is 15.0 Å². The number of aromatic hydroxyl groups is 1. The van der Waals surface area contributed by atoms with Gasteiger partial charge in [0.05, 0.1) is 23.1 Å². The Labute approximate surface area is 165 Å². The monoisotopic (exact) mass is 392 g/mol. The quantitative estimate of drug-likeness (QED) is 0.635. The van der Waals surface area contributed by atoms with E-state index in [1.54, 1.807) is 38.1 Å². The van der Waals surface area contributed by atoms with Gasteiger partial charge in [-0.25, -0.2) is 9.36 Å². The van der Waals surface area contributed by atoms with Gasteiger partial charge >= 0.3 is 5.69 Å². The van der Waals surface area contributed by atoms with Gasteiger partial charge in [0.15, 0.2) is 0 Å². The second-order valence-electron chi connectivity index (χ2n) is 6.33. The summed E-state index contributed by atoms with van der Waals surface area (Å²) in [6.07, 6.45) is 0.283. The Morgan fingerprint density at radius 1 is 1.14 bits per heavy atom. The van der Waals surface area contributed by atoms with Crippen LogP contribution in [0.5, 0.6) is 5.88 Å². The third-order valence-corrected chi connectivity index (χ3v) is 4.43. The molecule has 1 aromatic heterocycles. The molecule has 148 valence electrons. The molecule has 29 heavy (non-hydrogen) atoms. The first-order valence-corrected chi connectivity index (χ1v) is 8.87. The molecule has 0 saturated heterocycles. The zero-order valence-corrected chi connectivity index (χ0v) is 15.8. The second-order valence-corrected chi connectivity index (χ2v) is 6.33. The number of nitrogens with zero attached hydrogens (tertiary/aromatic N) is 2. The van der Waals surface area contributed by atoms with E-state index in [4.69, 9.17) is 0 Å². The van der Waals surface area contributed by atoms with Gasteiger partial charge in [-0.15, -0.1) is 0 Å². The lowest BCUT2D eigenvalue weighted by Crippen LogP contribution is -2.33. The van der Waals surface area contributed by atoms with E-state index in [1.165, 1.54) is 24.3 Å². The fourth-order valence-corrected chi connectivity index (χ4v) is 2.96. The number of hydrogen-bond donors (Lipinski definition) is 2. The number of carboxylic acids is 1. The Bertz CT molecular complexity index is 1220. The number of benzene rings is 2. The number of carboxylic acid groups (broad SMARTS) is 1. The maximum absolute atomic E-state index is 12.5. The number of aryl methyl sites for hydroxylation is 1. The summed E-state index contributed by atoms with van der Waals surface area (Å²) in [7, 11) is 0. The first-order chi connectivity index (χ1) is 13.8. The number of aromatic nitrogens is 2. The van der Waals surface area contributed by atoms with Crippen LogP contribution in [0.4, 0.5) is 5.69 Å². The van der Waals surface area contributed by atoms with E-state index in [9.17, 15) is 24.6 Å². The van der Waals surface area contributed by atoms with Crippen molar-refractivity contribution in [2.75, 3.05) is 0 Å². The Hall–Kier alpha value is -3.94. The minimum Gasteiger partial charge on any atom is -0.545 e. The number of rotatable bonds is 5. The number of hydrogen-bond acceptors (Lipinski definition) is 6. The zero-order valence-electron chi connectivity index (χ0n) is 15.8. The van der Waals surface area contributed by atoms with Crippen LogP contribution < -0.4 is 16.4 Å². The van der Waals surface area contributed by atoms with Gasteiger partial charge in [-0.2, -0.15) is 0 Å². The number of carbonyl (C=O) groups excluding carboxylic acids is 1. The van der Waals surface area contributed by atoms with Crippen molar-refractivity contribution in [1.82, 2.24) is 9.55 Å². The largest absolute Gasteiger partial charge is 0.545 e. The smallest absolute Gasteiger partial charge is 0.335 e. The summed E-state index contributed by atoms with van der Waals surface area (Å²) in [6, 6.07) is 12.5. The maximum atomic E-state index is 12.5. The van der Waals surface area contributed by atoms with Gasteiger partial charge in [-0.05, 0) is 42.7 Å². The second kappa shape index (κ2) is 7.97. The average molecular weight is 392 g/mol. The zero-order chi connectivity index (χ0) is 21.1. The SMILES string of the molecule is CCC(=Nc1ccc(C(=O)[O-])cc1)c1c(O)n(-c2ccccc2C)c(=O)[nH]c1=O. The van der Waals surface area contributed by atoms with Crippen LogP contribution in [0.15, 0.2) is 63.1 Å². The first kappa shape index (κ1) is 19.8. The minimum absolute atomic E-state index is 0.00389. The summed E-state index contributed by atoms with van der Waals surface area (Å²) >= 11 is 0. The van der Waals surface area contributed by atoms with Crippen molar-refractivity contribution in [3.05, 3.63) is 86.1 Å². The summed E-state index contributed by atoms with van der Waals surface area (Å²) in [5.74, 6) is -1.82. The molecule has 0 aliphatic rings. The average Bonchev–Trinajstić information content (AvgIpc) is 2.68. The summed E-state index contributed by atoms with van der Waals surface area (Å²) in [5, 5.41) is 21.7. The number of H-pyrrole nitrogens is 1. The lowest BCUT2D eigenvalue weighted by molar-refractivity contribution is -0.255. The molecule has 0 aliphatic heterocycles. The number of aliphatic imine (C=N–C) groups is 1. The van der Waals surface area contributed by atoms with Gasteiger partial charge < -0.3 is 15.0 Å². The molecular weight excluding hydrogens is 374 g/mol. The molecule has 0 fully saturated rings. The predicted octanol–water partition coefficient (Wildman–Crippen LogP) is 1.43. The maximum Gasteiger partial charge on any atom is 0.335 e.